The highest BCUT2D eigenvalue weighted by Crippen LogP contribution is 2.33. The van der Waals surface area contributed by atoms with Gasteiger partial charge in [-0.3, -0.25) is 0 Å². The third-order valence-corrected chi connectivity index (χ3v) is 4.73. The van der Waals surface area contributed by atoms with Gasteiger partial charge >= 0.3 is 0 Å². The summed E-state index contributed by atoms with van der Waals surface area (Å²) in [6.45, 7) is 1.80. The van der Waals surface area contributed by atoms with E-state index < -0.39 is 5.95 Å². The van der Waals surface area contributed by atoms with Gasteiger partial charge in [-0.1, -0.05) is 0 Å². The van der Waals surface area contributed by atoms with Crippen LogP contribution in [0.2, 0.25) is 0 Å². The largest absolute Gasteiger partial charge is 0.356 e. The molecule has 0 spiro atoms. The molecular formula is C18H19FN6. The van der Waals surface area contributed by atoms with Crippen LogP contribution in [0.5, 0.6) is 0 Å². The normalized spacial score (nSPS) is 15.5. The van der Waals surface area contributed by atoms with E-state index in [1.165, 1.54) is 6.07 Å². The van der Waals surface area contributed by atoms with Gasteiger partial charge in [-0.05, 0) is 37.1 Å². The molecule has 0 aromatic carbocycles. The first kappa shape index (κ1) is 15.7. The van der Waals surface area contributed by atoms with Crippen molar-refractivity contribution >= 4 is 5.82 Å². The Balaban J connectivity index is 1.56. The van der Waals surface area contributed by atoms with E-state index in [4.69, 9.17) is 0 Å². The Labute approximate surface area is 145 Å². The molecule has 128 valence electrons. The molecule has 0 aliphatic carbocycles. The maximum atomic E-state index is 13.1. The van der Waals surface area contributed by atoms with Crippen LogP contribution in [0.1, 0.15) is 24.6 Å². The van der Waals surface area contributed by atoms with Crippen LogP contribution >= 0.6 is 0 Å². The standard InChI is InChI=1S/C18H19FN6/c1-24-12-22-23-17(24)13-6-9-25(10-7-13)18-15(3-2-8-20-18)14-4-5-16(19)21-11-14/h2-5,8,11-13H,6-7,9-10H2,1H3. The highest BCUT2D eigenvalue weighted by atomic mass is 19.1. The molecule has 6 nitrogen and oxygen atoms in total. The summed E-state index contributed by atoms with van der Waals surface area (Å²) in [5.41, 5.74) is 1.85. The Hall–Kier alpha value is -2.83. The summed E-state index contributed by atoms with van der Waals surface area (Å²) in [6, 6.07) is 7.03. The number of hydrogen-bond donors (Lipinski definition) is 0. The van der Waals surface area contributed by atoms with E-state index in [0.29, 0.717) is 5.92 Å². The second kappa shape index (κ2) is 6.58. The van der Waals surface area contributed by atoms with Gasteiger partial charge in [-0.15, -0.1) is 10.2 Å². The van der Waals surface area contributed by atoms with Gasteiger partial charge in [0, 0.05) is 49.6 Å². The monoisotopic (exact) mass is 338 g/mol. The van der Waals surface area contributed by atoms with Crippen molar-refractivity contribution in [3.05, 3.63) is 54.8 Å². The van der Waals surface area contributed by atoms with E-state index in [9.17, 15) is 4.39 Å². The molecule has 1 aliphatic heterocycles. The molecule has 3 aromatic heterocycles. The number of aryl methyl sites for hydroxylation is 1. The molecule has 0 radical (unpaired) electrons. The summed E-state index contributed by atoms with van der Waals surface area (Å²) in [6.07, 6.45) is 7.11. The van der Waals surface area contributed by atoms with Crippen LogP contribution in [0.3, 0.4) is 0 Å². The van der Waals surface area contributed by atoms with E-state index in [1.54, 1.807) is 24.8 Å². The van der Waals surface area contributed by atoms with Gasteiger partial charge in [0.2, 0.25) is 5.95 Å². The average molecular weight is 338 g/mol. The first-order valence-corrected chi connectivity index (χ1v) is 8.38. The van der Waals surface area contributed by atoms with Crippen LogP contribution in [0.4, 0.5) is 10.2 Å². The molecule has 0 bridgehead atoms. The zero-order chi connectivity index (χ0) is 17.2. The first-order chi connectivity index (χ1) is 12.2. The number of halogens is 1. The first-order valence-electron chi connectivity index (χ1n) is 8.38. The van der Waals surface area contributed by atoms with Crippen molar-refractivity contribution in [2.45, 2.75) is 18.8 Å². The zero-order valence-corrected chi connectivity index (χ0v) is 14.0. The summed E-state index contributed by atoms with van der Waals surface area (Å²) in [5, 5.41) is 8.23. The van der Waals surface area contributed by atoms with Crippen molar-refractivity contribution in [2.24, 2.45) is 7.05 Å². The maximum Gasteiger partial charge on any atom is 0.212 e. The Morgan fingerprint density at radius 3 is 2.64 bits per heavy atom. The summed E-state index contributed by atoms with van der Waals surface area (Å²) >= 11 is 0. The molecule has 0 atom stereocenters. The molecule has 1 fully saturated rings. The Bertz CT molecular complexity index is 852. The van der Waals surface area contributed by atoms with Crippen LogP contribution in [0.15, 0.2) is 43.0 Å². The quantitative estimate of drug-likeness (QED) is 0.687. The minimum absolute atomic E-state index is 0.420. The average Bonchev–Trinajstić information content (AvgIpc) is 3.09. The highest BCUT2D eigenvalue weighted by molar-refractivity contribution is 5.75. The summed E-state index contributed by atoms with van der Waals surface area (Å²) in [5.74, 6) is 1.91. The number of nitrogens with zero attached hydrogens (tertiary/aromatic N) is 6. The van der Waals surface area contributed by atoms with Crippen molar-refractivity contribution in [1.82, 2.24) is 24.7 Å². The lowest BCUT2D eigenvalue weighted by Crippen LogP contribution is -2.34. The van der Waals surface area contributed by atoms with Crippen molar-refractivity contribution < 1.29 is 4.39 Å². The van der Waals surface area contributed by atoms with Gasteiger partial charge in [0.15, 0.2) is 0 Å². The predicted octanol–water partition coefficient (Wildman–Crippen LogP) is 2.80. The fourth-order valence-electron chi connectivity index (χ4n) is 3.42. The van der Waals surface area contributed by atoms with Gasteiger partial charge in [-0.2, -0.15) is 4.39 Å². The minimum atomic E-state index is -0.473. The van der Waals surface area contributed by atoms with Gasteiger partial charge < -0.3 is 9.47 Å². The number of pyridine rings is 2. The maximum absolute atomic E-state index is 13.1. The third-order valence-electron chi connectivity index (χ3n) is 4.73. The van der Waals surface area contributed by atoms with Crippen LogP contribution in [-0.2, 0) is 7.05 Å². The van der Waals surface area contributed by atoms with Gasteiger partial charge in [0.25, 0.3) is 0 Å². The van der Waals surface area contributed by atoms with E-state index in [1.807, 2.05) is 23.7 Å². The number of anilines is 1. The van der Waals surface area contributed by atoms with Crippen LogP contribution in [0, 0.1) is 5.95 Å². The fraction of sp³-hybridized carbons (Fsp3) is 0.333. The molecule has 25 heavy (non-hydrogen) atoms. The fourth-order valence-corrected chi connectivity index (χ4v) is 3.42. The second-order valence-corrected chi connectivity index (χ2v) is 6.31. The minimum Gasteiger partial charge on any atom is -0.356 e. The van der Waals surface area contributed by atoms with Crippen LogP contribution in [0.25, 0.3) is 11.1 Å². The summed E-state index contributed by atoms with van der Waals surface area (Å²) in [7, 11) is 1.99. The van der Waals surface area contributed by atoms with Crippen LogP contribution in [-0.4, -0.2) is 37.8 Å². The Kier molecular flexibility index (Phi) is 4.13. The lowest BCUT2D eigenvalue weighted by Gasteiger charge is -2.33. The third kappa shape index (κ3) is 3.09. The Morgan fingerprint density at radius 1 is 1.12 bits per heavy atom. The van der Waals surface area contributed by atoms with E-state index >= 15 is 0 Å². The zero-order valence-electron chi connectivity index (χ0n) is 14.0. The Morgan fingerprint density at radius 2 is 1.96 bits per heavy atom. The molecule has 4 rings (SSSR count). The number of aromatic nitrogens is 5. The van der Waals surface area contributed by atoms with E-state index in [2.05, 4.69) is 25.1 Å². The number of hydrogen-bond acceptors (Lipinski definition) is 5. The molecule has 0 amide bonds. The van der Waals surface area contributed by atoms with Gasteiger partial charge in [0.05, 0.1) is 0 Å². The molecule has 1 saturated heterocycles. The lowest BCUT2D eigenvalue weighted by atomic mass is 9.95. The highest BCUT2D eigenvalue weighted by Gasteiger charge is 2.25. The summed E-state index contributed by atoms with van der Waals surface area (Å²) < 4.78 is 15.1. The summed E-state index contributed by atoms with van der Waals surface area (Å²) in [4.78, 5) is 10.6. The molecule has 0 N–H and O–H groups in total. The molecule has 7 heteroatoms. The van der Waals surface area contributed by atoms with E-state index in [0.717, 1.165) is 48.7 Å². The van der Waals surface area contributed by atoms with Crippen LogP contribution < -0.4 is 4.90 Å². The molecule has 0 saturated carbocycles. The van der Waals surface area contributed by atoms with Gasteiger partial charge in [0.1, 0.15) is 18.0 Å². The molecule has 4 heterocycles. The van der Waals surface area contributed by atoms with Gasteiger partial charge in [-0.25, -0.2) is 9.97 Å². The predicted molar refractivity (Wildman–Crippen MR) is 92.6 cm³/mol. The number of rotatable bonds is 3. The van der Waals surface area contributed by atoms with E-state index in [-0.39, 0.29) is 0 Å². The smallest absolute Gasteiger partial charge is 0.212 e. The SMILES string of the molecule is Cn1cnnc1C1CCN(c2ncccc2-c2ccc(F)nc2)CC1. The molecule has 0 unspecified atom stereocenters. The van der Waals surface area contributed by atoms with Crippen molar-refractivity contribution in [2.75, 3.05) is 18.0 Å². The van der Waals surface area contributed by atoms with Crippen molar-refractivity contribution in [3.63, 3.8) is 0 Å². The molecule has 1 aliphatic rings. The topological polar surface area (TPSA) is 59.7 Å². The van der Waals surface area contributed by atoms with Crippen molar-refractivity contribution in [3.8, 4) is 11.1 Å². The lowest BCUT2D eigenvalue weighted by molar-refractivity contribution is 0.472. The number of piperidine rings is 1. The molecule has 3 aromatic rings. The van der Waals surface area contributed by atoms with Crippen molar-refractivity contribution in [1.29, 1.82) is 0 Å². The second-order valence-electron chi connectivity index (χ2n) is 6.31. The molecular weight excluding hydrogens is 319 g/mol.